The zero-order valence-electron chi connectivity index (χ0n) is 18.3. The van der Waals surface area contributed by atoms with Gasteiger partial charge in [0.2, 0.25) is 0 Å². The van der Waals surface area contributed by atoms with E-state index < -0.39 is 21.8 Å². The molecular formula is C22H25F2N5O3S. The quantitative estimate of drug-likeness (QED) is 0.580. The molecule has 1 atom stereocenters. The fourth-order valence-electron chi connectivity index (χ4n) is 4.18. The zero-order valence-corrected chi connectivity index (χ0v) is 19.1. The molecule has 3 heterocycles. The third-order valence-electron chi connectivity index (χ3n) is 6.32. The molecule has 0 amide bonds. The topological polar surface area (TPSA) is 120 Å². The van der Waals surface area contributed by atoms with Crippen LogP contribution in [-0.4, -0.2) is 34.7 Å². The molecule has 3 aromatic rings. The lowest BCUT2D eigenvalue weighted by atomic mass is 9.85. The lowest BCUT2D eigenvalue weighted by Crippen LogP contribution is -2.48. The molecule has 2 aromatic heterocycles. The number of nitrogens with two attached hydrogens (primary N) is 1. The average Bonchev–Trinajstić information content (AvgIpc) is 2.78. The summed E-state index contributed by atoms with van der Waals surface area (Å²) in [7, 11) is -1.57. The zero-order chi connectivity index (χ0) is 24.0. The molecule has 33 heavy (non-hydrogen) atoms. The van der Waals surface area contributed by atoms with Crippen LogP contribution in [0.1, 0.15) is 48.9 Å². The van der Waals surface area contributed by atoms with Crippen LogP contribution >= 0.6 is 0 Å². The highest BCUT2D eigenvalue weighted by Gasteiger charge is 2.38. The maximum atomic E-state index is 13.1. The molecule has 1 fully saturated rings. The number of halogens is 2. The smallest absolute Gasteiger partial charge is 0.263 e. The van der Waals surface area contributed by atoms with Gasteiger partial charge in [-0.25, -0.2) is 17.2 Å². The average molecular weight is 478 g/mol. The number of benzene rings is 1. The molecule has 0 aliphatic carbocycles. The summed E-state index contributed by atoms with van der Waals surface area (Å²) in [6, 6.07) is 7.37. The molecule has 1 aliphatic heterocycles. The Hall–Kier alpha value is -2.92. The van der Waals surface area contributed by atoms with Gasteiger partial charge in [-0.2, -0.15) is 5.10 Å². The first-order valence-electron chi connectivity index (χ1n) is 10.5. The number of aromatic nitrogens is 3. The highest BCUT2D eigenvalue weighted by atomic mass is 32.2. The van der Waals surface area contributed by atoms with Crippen LogP contribution in [0, 0.1) is 0 Å². The van der Waals surface area contributed by atoms with Gasteiger partial charge >= 0.3 is 0 Å². The summed E-state index contributed by atoms with van der Waals surface area (Å²) in [6.45, 7) is 1.81. The maximum absolute atomic E-state index is 13.1. The largest absolute Gasteiger partial charge is 0.361 e. The molecule has 0 saturated carbocycles. The standard InChI is InChI=1S/C22H25F2N5O3S/c1-13(14-4-3-5-15(10-14)19(23)24)27-20-16-11-17(21(30)29(2)18(16)12-26-28-20)22(25)6-8-33(31,32)9-7-22/h3-5,10-13,19H,6-9,25H2,1-2H3,(H,27,28)/t13-/m1/s1. The van der Waals surface area contributed by atoms with Crippen LogP contribution in [-0.2, 0) is 22.4 Å². The lowest BCUT2D eigenvalue weighted by molar-refractivity contribution is 0.151. The van der Waals surface area contributed by atoms with Gasteiger partial charge in [0.1, 0.15) is 9.84 Å². The molecule has 1 aromatic carbocycles. The number of anilines is 1. The highest BCUT2D eigenvalue weighted by molar-refractivity contribution is 7.91. The molecule has 1 saturated heterocycles. The first kappa shape index (κ1) is 23.2. The molecule has 1 aliphatic rings. The van der Waals surface area contributed by atoms with Gasteiger partial charge in [-0.1, -0.05) is 18.2 Å². The van der Waals surface area contributed by atoms with E-state index in [4.69, 9.17) is 5.73 Å². The molecule has 0 spiro atoms. The van der Waals surface area contributed by atoms with Crippen molar-refractivity contribution in [1.82, 2.24) is 14.8 Å². The molecule has 8 nitrogen and oxygen atoms in total. The third kappa shape index (κ3) is 4.47. The highest BCUT2D eigenvalue weighted by Crippen LogP contribution is 2.33. The number of hydrogen-bond donors (Lipinski definition) is 2. The normalized spacial score (nSPS) is 18.4. The van der Waals surface area contributed by atoms with E-state index in [1.165, 1.54) is 22.9 Å². The van der Waals surface area contributed by atoms with E-state index >= 15 is 0 Å². The number of aryl methyl sites for hydroxylation is 1. The Kier molecular flexibility index (Phi) is 5.95. The number of nitrogens with one attached hydrogen (secondary N) is 1. The van der Waals surface area contributed by atoms with E-state index in [1.54, 1.807) is 25.2 Å². The summed E-state index contributed by atoms with van der Waals surface area (Å²) >= 11 is 0. The van der Waals surface area contributed by atoms with Crippen LogP contribution in [0.25, 0.3) is 10.9 Å². The maximum Gasteiger partial charge on any atom is 0.263 e. The van der Waals surface area contributed by atoms with Crippen LogP contribution in [0.3, 0.4) is 0 Å². The van der Waals surface area contributed by atoms with E-state index in [-0.39, 0.29) is 41.5 Å². The van der Waals surface area contributed by atoms with Crippen molar-refractivity contribution in [2.45, 2.75) is 37.8 Å². The Morgan fingerprint density at radius 3 is 2.52 bits per heavy atom. The Morgan fingerprint density at radius 1 is 1.18 bits per heavy atom. The van der Waals surface area contributed by atoms with Gasteiger partial charge < -0.3 is 15.6 Å². The van der Waals surface area contributed by atoms with Gasteiger partial charge in [-0.3, -0.25) is 4.79 Å². The summed E-state index contributed by atoms with van der Waals surface area (Å²) in [5.41, 5.74) is 6.55. The van der Waals surface area contributed by atoms with Crippen LogP contribution in [0.2, 0.25) is 0 Å². The van der Waals surface area contributed by atoms with Crippen LogP contribution in [0.4, 0.5) is 14.6 Å². The first-order chi connectivity index (χ1) is 15.5. The van der Waals surface area contributed by atoms with Crippen molar-refractivity contribution in [3.8, 4) is 0 Å². The predicted octanol–water partition coefficient (Wildman–Crippen LogP) is 2.80. The van der Waals surface area contributed by atoms with Crippen molar-refractivity contribution in [2.24, 2.45) is 12.8 Å². The fourth-order valence-corrected chi connectivity index (χ4v) is 5.73. The van der Waals surface area contributed by atoms with Crippen molar-refractivity contribution < 1.29 is 17.2 Å². The number of sulfone groups is 1. The van der Waals surface area contributed by atoms with Crippen LogP contribution in [0.15, 0.2) is 41.3 Å². The number of fused-ring (bicyclic) bond motifs is 1. The van der Waals surface area contributed by atoms with Crippen molar-refractivity contribution in [3.05, 3.63) is 63.6 Å². The minimum Gasteiger partial charge on any atom is -0.361 e. The second-order valence-electron chi connectivity index (χ2n) is 8.56. The lowest BCUT2D eigenvalue weighted by Gasteiger charge is -2.33. The van der Waals surface area contributed by atoms with Gasteiger partial charge in [0.25, 0.3) is 12.0 Å². The minimum absolute atomic E-state index is 0.0767. The Bertz CT molecular complexity index is 1360. The third-order valence-corrected chi connectivity index (χ3v) is 7.98. The Balaban J connectivity index is 1.76. The summed E-state index contributed by atoms with van der Waals surface area (Å²) in [6.07, 6.45) is -0.823. The molecule has 0 unspecified atom stereocenters. The summed E-state index contributed by atoms with van der Waals surface area (Å²) in [5, 5.41) is 11.9. The van der Waals surface area contributed by atoms with Gasteiger partial charge in [0.05, 0.1) is 29.3 Å². The van der Waals surface area contributed by atoms with Crippen molar-refractivity contribution in [2.75, 3.05) is 16.8 Å². The molecular weight excluding hydrogens is 452 g/mol. The number of pyridine rings is 1. The molecule has 3 N–H and O–H groups in total. The Morgan fingerprint density at radius 2 is 1.85 bits per heavy atom. The number of rotatable bonds is 5. The predicted molar refractivity (Wildman–Crippen MR) is 122 cm³/mol. The van der Waals surface area contributed by atoms with Crippen LogP contribution < -0.4 is 16.6 Å². The summed E-state index contributed by atoms with van der Waals surface area (Å²) < 4.78 is 51.4. The van der Waals surface area contributed by atoms with Crippen molar-refractivity contribution in [1.29, 1.82) is 0 Å². The van der Waals surface area contributed by atoms with Crippen molar-refractivity contribution in [3.63, 3.8) is 0 Å². The van der Waals surface area contributed by atoms with E-state index in [1.807, 2.05) is 6.92 Å². The van der Waals surface area contributed by atoms with E-state index in [0.29, 0.717) is 27.8 Å². The molecule has 0 bridgehead atoms. The molecule has 4 rings (SSSR count). The molecule has 11 heteroatoms. The summed E-state index contributed by atoms with van der Waals surface area (Å²) in [4.78, 5) is 13.1. The monoisotopic (exact) mass is 477 g/mol. The second kappa shape index (κ2) is 8.45. The van der Waals surface area contributed by atoms with Gasteiger partial charge in [0.15, 0.2) is 5.82 Å². The number of nitrogens with zero attached hydrogens (tertiary/aromatic N) is 3. The number of hydrogen-bond acceptors (Lipinski definition) is 7. The second-order valence-corrected chi connectivity index (χ2v) is 10.9. The van der Waals surface area contributed by atoms with E-state index in [0.717, 1.165) is 0 Å². The van der Waals surface area contributed by atoms with Crippen LogP contribution in [0.5, 0.6) is 0 Å². The number of alkyl halides is 2. The van der Waals surface area contributed by atoms with E-state index in [9.17, 15) is 22.0 Å². The fraction of sp³-hybridized carbons (Fsp3) is 0.409. The van der Waals surface area contributed by atoms with Gasteiger partial charge in [-0.15, -0.1) is 5.10 Å². The molecule has 176 valence electrons. The van der Waals surface area contributed by atoms with Gasteiger partial charge in [-0.05, 0) is 37.5 Å². The molecule has 0 radical (unpaired) electrons. The van der Waals surface area contributed by atoms with Gasteiger partial charge in [0, 0.05) is 29.1 Å². The SMILES string of the molecule is C[C@@H](Nc1nncc2c1cc(C1(N)CCS(=O)(=O)CC1)c(=O)n2C)c1cccc(C(F)F)c1. The van der Waals surface area contributed by atoms with E-state index in [2.05, 4.69) is 15.5 Å². The first-order valence-corrected chi connectivity index (χ1v) is 12.3. The Labute approximate surface area is 189 Å². The van der Waals surface area contributed by atoms with Crippen molar-refractivity contribution >= 4 is 26.6 Å². The summed E-state index contributed by atoms with van der Waals surface area (Å²) in [5.74, 6) is 0.204. The minimum atomic E-state index is -3.17.